The van der Waals surface area contributed by atoms with Crippen LogP contribution in [0.4, 0.5) is 0 Å². The number of aliphatic hydroxyl groups excluding tert-OH is 8. The Morgan fingerprint density at radius 2 is 0.933 bits per heavy atom. The number of carbonyl (C=O) groups excluding carboxylic acids is 4. The van der Waals surface area contributed by atoms with Crippen molar-refractivity contribution in [2.24, 2.45) is 47.3 Å². The number of allylic oxidation sites excluding steroid dienone is 6. The summed E-state index contributed by atoms with van der Waals surface area (Å²) in [4.78, 5) is 63.2. The maximum atomic E-state index is 14.1. The van der Waals surface area contributed by atoms with E-state index in [1.807, 2.05) is 93.5 Å². The van der Waals surface area contributed by atoms with Gasteiger partial charge >= 0.3 is 11.9 Å². The van der Waals surface area contributed by atoms with Gasteiger partial charge in [-0.3, -0.25) is 19.2 Å². The number of halogens is 1. The van der Waals surface area contributed by atoms with Gasteiger partial charge in [0.05, 0.1) is 98.7 Å². The summed E-state index contributed by atoms with van der Waals surface area (Å²) in [7, 11) is 10.2. The minimum absolute atomic E-state index is 0. The average Bonchev–Trinajstić information content (AvgIpc) is 0.776. The molecule has 8 rings (SSSR count). The van der Waals surface area contributed by atoms with Gasteiger partial charge in [0.25, 0.3) is 0 Å². The number of nitrogens with zero attached hydrogens (tertiary/aromatic N) is 4. The first-order valence-corrected chi connectivity index (χ1v) is 43.2. The Bertz CT molecular complexity index is 3100. The summed E-state index contributed by atoms with van der Waals surface area (Å²) in [5, 5.41) is 101. The molecule has 8 heterocycles. The zero-order valence-electron chi connectivity index (χ0n) is 73.5. The summed E-state index contributed by atoms with van der Waals surface area (Å²) in [5.74, 6) is -5.01. The number of ether oxygens (including phenoxy) is 12. The lowest BCUT2D eigenvalue weighted by molar-refractivity contribution is -0.342. The topological polar surface area (TPSA) is 374 Å². The molecule has 119 heavy (non-hydrogen) atoms. The lowest BCUT2D eigenvalue weighted by Crippen LogP contribution is -2.65. The Morgan fingerprint density at radius 3 is 1.36 bits per heavy atom. The molecule has 0 aromatic rings. The van der Waals surface area contributed by atoms with Gasteiger partial charge in [-0.1, -0.05) is 105 Å². The van der Waals surface area contributed by atoms with E-state index in [9.17, 15) is 65.1 Å². The van der Waals surface area contributed by atoms with E-state index < -0.39 is 194 Å². The molecule has 0 spiro atoms. The van der Waals surface area contributed by atoms with Crippen LogP contribution in [-0.2, 0) is 76.0 Å². The third-order valence-electron chi connectivity index (χ3n) is 25.7. The molecule has 0 amide bonds. The number of likely N-dealkylation sites (N-methyl/N-ethyl adjacent to an activating group) is 2. The molecule has 33 atom stereocenters. The number of aliphatic hydroxyl groups is 9. The summed E-state index contributed by atoms with van der Waals surface area (Å²) in [6.07, 6.45) is -0.0690. The van der Waals surface area contributed by atoms with Crippen LogP contribution in [0.1, 0.15) is 201 Å². The van der Waals surface area contributed by atoms with Crippen LogP contribution < -0.4 is 0 Å². The highest BCUT2D eigenvalue weighted by atomic mass is 79.9. The number of esters is 2. The Kier molecular flexibility index (Phi) is 46.9. The third kappa shape index (κ3) is 30.5. The molecule has 0 bridgehead atoms. The number of cyclic esters (lactones) is 2. The van der Waals surface area contributed by atoms with Gasteiger partial charge in [0.1, 0.15) is 54.9 Å². The summed E-state index contributed by atoms with van der Waals surface area (Å²) < 4.78 is 74.2. The molecular weight excluding hydrogens is 1600 g/mol. The van der Waals surface area contributed by atoms with Crippen LogP contribution in [0.2, 0.25) is 0 Å². The smallest absolute Gasteiger partial charge is 0.308 e. The highest BCUT2D eigenvalue weighted by molar-refractivity contribution is 8.93. The van der Waals surface area contributed by atoms with Crippen molar-refractivity contribution in [3.63, 3.8) is 0 Å². The summed E-state index contributed by atoms with van der Waals surface area (Å²) in [5.41, 5.74) is 0.0554. The van der Waals surface area contributed by atoms with Gasteiger partial charge in [-0.2, -0.15) is 0 Å². The van der Waals surface area contributed by atoms with Crippen molar-refractivity contribution in [2.45, 2.75) is 354 Å². The Hall–Kier alpha value is -3.20. The molecule has 0 aromatic heterocycles. The molecular formula is C89H159BrN4O25. The maximum absolute atomic E-state index is 14.1. The van der Waals surface area contributed by atoms with E-state index >= 15 is 0 Å². The minimum atomic E-state index is -1.47. The molecule has 8 aliphatic rings. The van der Waals surface area contributed by atoms with Crippen molar-refractivity contribution in [2.75, 3.05) is 94.9 Å². The molecule has 9 N–H and O–H groups in total. The Morgan fingerprint density at radius 1 is 0.513 bits per heavy atom. The zero-order chi connectivity index (χ0) is 85.7. The van der Waals surface area contributed by atoms with E-state index in [1.165, 1.54) is 34.0 Å². The Balaban J connectivity index is 0.000000522. The summed E-state index contributed by atoms with van der Waals surface area (Å²) in [6, 6.07) is -1.33. The van der Waals surface area contributed by atoms with Crippen LogP contribution in [-0.4, -0.2) is 337 Å². The second-order valence-electron chi connectivity index (χ2n) is 35.4. The lowest BCUT2D eigenvalue weighted by atomic mass is 9.79. The number of ketones is 2. The van der Waals surface area contributed by atoms with Gasteiger partial charge in [-0.25, -0.2) is 0 Å². The van der Waals surface area contributed by atoms with Gasteiger partial charge in [0, 0.05) is 56.1 Å². The highest BCUT2D eigenvalue weighted by Gasteiger charge is 2.53. The summed E-state index contributed by atoms with van der Waals surface area (Å²) >= 11 is 0. The van der Waals surface area contributed by atoms with E-state index in [2.05, 4.69) is 9.80 Å². The van der Waals surface area contributed by atoms with Gasteiger partial charge < -0.3 is 122 Å². The average molecular weight is 1770 g/mol. The lowest BCUT2D eigenvalue weighted by Gasteiger charge is -2.50. The van der Waals surface area contributed by atoms with Crippen molar-refractivity contribution < 1.29 is 122 Å². The third-order valence-corrected chi connectivity index (χ3v) is 25.7. The van der Waals surface area contributed by atoms with Crippen molar-refractivity contribution in [1.29, 1.82) is 0 Å². The zero-order valence-corrected chi connectivity index (χ0v) is 75.2. The van der Waals surface area contributed by atoms with Gasteiger partial charge in [0.2, 0.25) is 0 Å². The molecule has 0 saturated carbocycles. The number of piperidine rings is 2. The molecule has 6 fully saturated rings. The monoisotopic (exact) mass is 1760 g/mol. The number of carbonyl (C=O) groups is 4. The first kappa shape index (κ1) is 108. The highest BCUT2D eigenvalue weighted by Crippen LogP contribution is 2.41. The Labute approximate surface area is 722 Å². The number of rotatable bonds is 22. The molecule has 30 heteroatoms. The number of likely N-dealkylation sites (tertiary alicyclic amines) is 2. The normalized spacial score (nSPS) is 42.3. The fourth-order valence-corrected chi connectivity index (χ4v) is 18.4. The maximum Gasteiger partial charge on any atom is 0.308 e. The molecule has 29 nitrogen and oxygen atoms in total. The number of hydrogen-bond donors (Lipinski definition) is 9. The van der Waals surface area contributed by atoms with Crippen LogP contribution in [0.5, 0.6) is 0 Å². The van der Waals surface area contributed by atoms with Crippen molar-refractivity contribution in [3.8, 4) is 0 Å². The van der Waals surface area contributed by atoms with E-state index in [0.29, 0.717) is 38.5 Å². The first-order valence-electron chi connectivity index (χ1n) is 43.2. The van der Waals surface area contributed by atoms with E-state index in [0.717, 1.165) is 76.1 Å². The fourth-order valence-electron chi connectivity index (χ4n) is 18.4. The molecule has 0 radical (unpaired) electrons. The van der Waals surface area contributed by atoms with Crippen molar-refractivity contribution >= 4 is 40.5 Å². The van der Waals surface area contributed by atoms with Crippen LogP contribution in [0.15, 0.2) is 47.6 Å². The quantitative estimate of drug-likeness (QED) is 0.0469. The molecule has 692 valence electrons. The van der Waals surface area contributed by atoms with Crippen LogP contribution in [0.3, 0.4) is 0 Å². The van der Waals surface area contributed by atoms with Crippen LogP contribution >= 0.6 is 17.0 Å². The fraction of sp³-hybridized carbons (Fsp3) is 0.865. The second kappa shape index (κ2) is 51.6. The standard InChI is InChI=1S/C51H88N2O16.C36H62N2O9.2CH4.BrH/c1-13-38-35(27-63-50-47(62-12)46(61-11)42(57)31(5)65-50)23-28(2)17-18-36(54)29(3)24-34(19-22-53-20-15-14-16-21-53)44(30(4)37(55)25-39(56)67-38)69-49-43(58)41(52(9)10)45(32(6)66-49)68-40-26-51(8,60)48(59)33(7)64-40;1-8-30-27(21-39)18-22(2)12-13-28(40)23(3)19-26(14-17-38-15-10-9-11-16-38)35(24(4)29(41)20-31(42)46-30)47-36-34(44)32(37(6)7)33(43)25(5)45-36;;;/h17-18,23,29-35,37-38,40-50,55,57-60H,13-16,19-22,24-27H2,1-12H3;12-13,18,23-27,29-30,32-36,39,41,43-44H,8-11,14-17,19-21H2,1-7H3;2*1H4;1H/b18-17+,28-23+;13-12+,22-18+;;;. The van der Waals surface area contributed by atoms with E-state index in [-0.39, 0.29) is 93.6 Å². The number of hydrogen-bond acceptors (Lipinski definition) is 29. The van der Waals surface area contributed by atoms with Crippen LogP contribution in [0, 0.1) is 47.3 Å². The van der Waals surface area contributed by atoms with Crippen LogP contribution in [0.25, 0.3) is 0 Å². The van der Waals surface area contributed by atoms with Crippen molar-refractivity contribution in [3.05, 3.63) is 47.6 Å². The molecule has 0 aromatic carbocycles. The predicted octanol–water partition coefficient (Wildman–Crippen LogP) is 7.66. The van der Waals surface area contributed by atoms with Crippen molar-refractivity contribution in [1.82, 2.24) is 19.6 Å². The molecule has 33 unspecified atom stereocenters. The van der Waals surface area contributed by atoms with Gasteiger partial charge in [0.15, 0.2) is 36.7 Å². The van der Waals surface area contributed by atoms with Gasteiger partial charge in [-0.15, -0.1) is 17.0 Å². The first-order chi connectivity index (χ1) is 54.9. The predicted molar refractivity (Wildman–Crippen MR) is 458 cm³/mol. The molecule has 8 aliphatic heterocycles. The van der Waals surface area contributed by atoms with Gasteiger partial charge in [-0.05, 0) is 204 Å². The second-order valence-corrected chi connectivity index (χ2v) is 35.4. The summed E-state index contributed by atoms with van der Waals surface area (Å²) in [6.45, 7) is 28.6. The van der Waals surface area contributed by atoms with E-state index in [4.69, 9.17) is 56.8 Å². The van der Waals surface area contributed by atoms with E-state index in [1.54, 1.807) is 64.1 Å². The molecule has 6 saturated heterocycles. The number of methoxy groups -OCH3 is 2. The minimum Gasteiger partial charge on any atom is -0.462 e. The largest absolute Gasteiger partial charge is 0.462 e. The molecule has 0 aliphatic carbocycles. The SMILES string of the molecule is Br.C.C.CCC1OC(=O)CC(O)C(C)C(OC2OC(C)C(O)C(N(C)C)C2O)C(CCN2CCCCC2)CC(C)C(=O)/C=C/C(C)=C/C1CO.CCC1OC(=O)CC(O)C(C)C(OC2OC(C)C(OC3CC(C)(O)C(O)C(C)O3)C(N(C)C)C2O)C(CCN2CCCCC2)CC(C)C(=O)/C=C/C(C)=C/C1COC1OC(C)C(O)C(OC)C1OC.